The van der Waals surface area contributed by atoms with Gasteiger partial charge in [0.15, 0.2) is 0 Å². The molecule has 2 N–H and O–H groups in total. The number of aromatic carboxylic acids is 1. The standard InChI is InChI=1S/C14H19BrN2O3/c15-13-10-11(2-3-12(13)14(18)19)16-4-1-5-17-6-8-20-9-7-17/h2-3,10,16H,1,4-9H2,(H,18,19). The van der Waals surface area contributed by atoms with Crippen LogP contribution in [0.2, 0.25) is 0 Å². The van der Waals surface area contributed by atoms with E-state index in [-0.39, 0.29) is 5.56 Å². The summed E-state index contributed by atoms with van der Waals surface area (Å²) in [5, 5.41) is 12.3. The second kappa shape index (κ2) is 7.61. The summed E-state index contributed by atoms with van der Waals surface area (Å²) in [4.78, 5) is 13.3. The Kier molecular flexibility index (Phi) is 5.82. The summed E-state index contributed by atoms with van der Waals surface area (Å²) >= 11 is 3.28. The molecule has 0 saturated carbocycles. The zero-order valence-corrected chi connectivity index (χ0v) is 12.9. The first-order valence-corrected chi connectivity index (χ1v) is 7.53. The lowest BCUT2D eigenvalue weighted by Crippen LogP contribution is -2.37. The molecule has 0 amide bonds. The average Bonchev–Trinajstić information content (AvgIpc) is 2.44. The number of hydrogen-bond donors (Lipinski definition) is 2. The molecular weight excluding hydrogens is 324 g/mol. The predicted molar refractivity (Wildman–Crippen MR) is 81.5 cm³/mol. The molecule has 1 aromatic rings. The van der Waals surface area contributed by atoms with Gasteiger partial charge in [-0.05, 0) is 47.1 Å². The van der Waals surface area contributed by atoms with Gasteiger partial charge in [-0.15, -0.1) is 0 Å². The Morgan fingerprint density at radius 1 is 1.40 bits per heavy atom. The molecule has 0 aromatic heterocycles. The minimum atomic E-state index is -0.921. The van der Waals surface area contributed by atoms with Gasteiger partial charge in [0.1, 0.15) is 0 Å². The number of nitrogens with zero attached hydrogens (tertiary/aromatic N) is 1. The van der Waals surface area contributed by atoms with Crippen LogP contribution < -0.4 is 5.32 Å². The van der Waals surface area contributed by atoms with Gasteiger partial charge in [-0.1, -0.05) is 0 Å². The van der Waals surface area contributed by atoms with Gasteiger partial charge in [0.2, 0.25) is 0 Å². The first-order valence-electron chi connectivity index (χ1n) is 6.73. The summed E-state index contributed by atoms with van der Waals surface area (Å²) in [5.41, 5.74) is 1.22. The van der Waals surface area contributed by atoms with Gasteiger partial charge < -0.3 is 15.2 Å². The molecule has 1 fully saturated rings. The Balaban J connectivity index is 1.73. The molecule has 1 saturated heterocycles. The lowest BCUT2D eigenvalue weighted by molar-refractivity contribution is 0.0378. The number of anilines is 1. The van der Waals surface area contributed by atoms with Crippen LogP contribution in [0.5, 0.6) is 0 Å². The van der Waals surface area contributed by atoms with E-state index in [9.17, 15) is 4.79 Å². The Morgan fingerprint density at radius 3 is 2.80 bits per heavy atom. The van der Waals surface area contributed by atoms with Crippen LogP contribution >= 0.6 is 15.9 Å². The van der Waals surface area contributed by atoms with E-state index >= 15 is 0 Å². The van der Waals surface area contributed by atoms with Crippen molar-refractivity contribution in [3.05, 3.63) is 28.2 Å². The molecule has 20 heavy (non-hydrogen) atoms. The summed E-state index contributed by atoms with van der Waals surface area (Å²) < 4.78 is 5.91. The first-order chi connectivity index (χ1) is 9.66. The maximum atomic E-state index is 10.9. The van der Waals surface area contributed by atoms with Crippen molar-refractivity contribution in [2.75, 3.05) is 44.7 Å². The van der Waals surface area contributed by atoms with Gasteiger partial charge >= 0.3 is 5.97 Å². The summed E-state index contributed by atoms with van der Waals surface area (Å²) in [6, 6.07) is 5.21. The smallest absolute Gasteiger partial charge is 0.336 e. The maximum absolute atomic E-state index is 10.9. The molecule has 0 spiro atoms. The number of rotatable bonds is 6. The number of carboxylic acid groups (broad SMARTS) is 1. The van der Waals surface area contributed by atoms with Crippen molar-refractivity contribution in [3.8, 4) is 0 Å². The molecular formula is C14H19BrN2O3. The fourth-order valence-corrected chi connectivity index (χ4v) is 2.71. The second-order valence-electron chi connectivity index (χ2n) is 4.73. The number of benzene rings is 1. The van der Waals surface area contributed by atoms with E-state index in [1.54, 1.807) is 18.2 Å². The Labute approximate surface area is 127 Å². The molecule has 1 heterocycles. The highest BCUT2D eigenvalue weighted by molar-refractivity contribution is 9.10. The number of halogens is 1. The maximum Gasteiger partial charge on any atom is 0.336 e. The minimum absolute atomic E-state index is 0.281. The van der Waals surface area contributed by atoms with Gasteiger partial charge in [0, 0.05) is 29.8 Å². The number of hydrogen-bond acceptors (Lipinski definition) is 4. The van der Waals surface area contributed by atoms with Crippen molar-refractivity contribution in [3.63, 3.8) is 0 Å². The number of carbonyl (C=O) groups is 1. The Hall–Kier alpha value is -1.11. The number of nitrogens with one attached hydrogen (secondary N) is 1. The molecule has 6 heteroatoms. The quantitative estimate of drug-likeness (QED) is 0.776. The largest absolute Gasteiger partial charge is 0.478 e. The van der Waals surface area contributed by atoms with Crippen molar-refractivity contribution < 1.29 is 14.6 Å². The fourth-order valence-electron chi connectivity index (χ4n) is 2.16. The van der Waals surface area contributed by atoms with Crippen LogP contribution in [0, 0.1) is 0 Å². The molecule has 110 valence electrons. The normalized spacial score (nSPS) is 16.1. The average molecular weight is 343 g/mol. The van der Waals surface area contributed by atoms with E-state index in [4.69, 9.17) is 9.84 Å². The predicted octanol–water partition coefficient (Wildman–Crippen LogP) is 2.28. The third-order valence-corrected chi connectivity index (χ3v) is 3.94. The van der Waals surface area contributed by atoms with E-state index in [1.807, 2.05) is 0 Å². The molecule has 0 bridgehead atoms. The van der Waals surface area contributed by atoms with Gasteiger partial charge in [0.05, 0.1) is 18.8 Å². The van der Waals surface area contributed by atoms with Gasteiger partial charge in [-0.25, -0.2) is 4.79 Å². The monoisotopic (exact) mass is 342 g/mol. The topological polar surface area (TPSA) is 61.8 Å². The second-order valence-corrected chi connectivity index (χ2v) is 5.59. The minimum Gasteiger partial charge on any atom is -0.478 e. The molecule has 5 nitrogen and oxygen atoms in total. The molecule has 2 rings (SSSR count). The molecule has 1 aliphatic rings. The Bertz CT molecular complexity index is 462. The summed E-state index contributed by atoms with van der Waals surface area (Å²) in [6.45, 7) is 5.62. The van der Waals surface area contributed by atoms with Crippen LogP contribution in [0.25, 0.3) is 0 Å². The lowest BCUT2D eigenvalue weighted by atomic mass is 10.2. The van der Waals surface area contributed by atoms with E-state index in [0.717, 1.165) is 51.5 Å². The molecule has 0 unspecified atom stereocenters. The van der Waals surface area contributed by atoms with Gasteiger partial charge in [0.25, 0.3) is 0 Å². The first kappa shape index (κ1) is 15.3. The summed E-state index contributed by atoms with van der Waals surface area (Å²) in [5.74, 6) is -0.921. The number of carboxylic acids is 1. The Morgan fingerprint density at radius 2 is 2.15 bits per heavy atom. The highest BCUT2D eigenvalue weighted by Gasteiger charge is 2.10. The zero-order chi connectivity index (χ0) is 14.4. The third-order valence-electron chi connectivity index (χ3n) is 3.28. The van der Waals surface area contributed by atoms with Crippen LogP contribution in [0.1, 0.15) is 16.8 Å². The van der Waals surface area contributed by atoms with E-state index in [2.05, 4.69) is 26.1 Å². The van der Waals surface area contributed by atoms with E-state index in [0.29, 0.717) is 4.47 Å². The SMILES string of the molecule is O=C(O)c1ccc(NCCCN2CCOCC2)cc1Br. The van der Waals surface area contributed by atoms with Crippen molar-refractivity contribution >= 4 is 27.6 Å². The van der Waals surface area contributed by atoms with Crippen molar-refractivity contribution in [1.29, 1.82) is 0 Å². The van der Waals surface area contributed by atoms with Crippen LogP contribution in [-0.4, -0.2) is 55.4 Å². The van der Waals surface area contributed by atoms with Crippen LogP contribution in [0.4, 0.5) is 5.69 Å². The highest BCUT2D eigenvalue weighted by atomic mass is 79.9. The lowest BCUT2D eigenvalue weighted by Gasteiger charge is -2.26. The number of morpholine rings is 1. The number of ether oxygens (including phenoxy) is 1. The van der Waals surface area contributed by atoms with Gasteiger partial charge in [-0.3, -0.25) is 4.90 Å². The molecule has 1 aliphatic heterocycles. The van der Waals surface area contributed by atoms with Crippen molar-refractivity contribution in [1.82, 2.24) is 4.90 Å². The third kappa shape index (κ3) is 4.47. The fraction of sp³-hybridized carbons (Fsp3) is 0.500. The van der Waals surface area contributed by atoms with Crippen LogP contribution in [0.3, 0.4) is 0 Å². The van der Waals surface area contributed by atoms with Gasteiger partial charge in [-0.2, -0.15) is 0 Å². The summed E-state index contributed by atoms with van der Waals surface area (Å²) in [6.07, 6.45) is 1.05. The molecule has 0 atom stereocenters. The van der Waals surface area contributed by atoms with E-state index in [1.165, 1.54) is 0 Å². The molecule has 0 aliphatic carbocycles. The van der Waals surface area contributed by atoms with Crippen molar-refractivity contribution in [2.24, 2.45) is 0 Å². The summed E-state index contributed by atoms with van der Waals surface area (Å²) in [7, 11) is 0. The highest BCUT2D eigenvalue weighted by Crippen LogP contribution is 2.21. The van der Waals surface area contributed by atoms with Crippen LogP contribution in [-0.2, 0) is 4.74 Å². The zero-order valence-electron chi connectivity index (χ0n) is 11.3. The molecule has 0 radical (unpaired) electrons. The molecule has 1 aromatic carbocycles. The van der Waals surface area contributed by atoms with Crippen molar-refractivity contribution in [2.45, 2.75) is 6.42 Å². The van der Waals surface area contributed by atoms with E-state index < -0.39 is 5.97 Å². The van der Waals surface area contributed by atoms with Crippen LogP contribution in [0.15, 0.2) is 22.7 Å².